The highest BCUT2D eigenvalue weighted by atomic mass is 19.1. The van der Waals surface area contributed by atoms with Crippen LogP contribution in [0.2, 0.25) is 0 Å². The van der Waals surface area contributed by atoms with Gasteiger partial charge in [0.25, 0.3) is 0 Å². The number of anilines is 1. The van der Waals surface area contributed by atoms with E-state index in [4.69, 9.17) is 15.6 Å². The molecule has 0 aromatic carbocycles. The number of aromatic nitrogens is 2. The van der Waals surface area contributed by atoms with Crippen molar-refractivity contribution in [2.24, 2.45) is 0 Å². The molecular weight excluding hydrogens is 245 g/mol. The SMILES string of the molecule is C[C@@]1(n2ccc(N)nc2=O)O[C@H](CO)C(O)C1F. The molecule has 18 heavy (non-hydrogen) atoms. The molecule has 0 amide bonds. The highest BCUT2D eigenvalue weighted by Gasteiger charge is 2.54. The van der Waals surface area contributed by atoms with Crippen molar-refractivity contribution in [1.29, 1.82) is 0 Å². The molecule has 1 aliphatic heterocycles. The van der Waals surface area contributed by atoms with Gasteiger partial charge in [-0.15, -0.1) is 0 Å². The minimum atomic E-state index is -1.86. The van der Waals surface area contributed by atoms with Gasteiger partial charge >= 0.3 is 5.69 Å². The Morgan fingerprint density at radius 2 is 2.39 bits per heavy atom. The van der Waals surface area contributed by atoms with Crippen molar-refractivity contribution in [1.82, 2.24) is 9.55 Å². The number of nitrogens with two attached hydrogens (primary N) is 1. The van der Waals surface area contributed by atoms with Gasteiger partial charge in [0.05, 0.1) is 6.61 Å². The molecular formula is C10H14FN3O4. The molecule has 1 fully saturated rings. The molecule has 100 valence electrons. The lowest BCUT2D eigenvalue weighted by Crippen LogP contribution is -2.46. The summed E-state index contributed by atoms with van der Waals surface area (Å²) in [7, 11) is 0. The molecule has 1 saturated heterocycles. The first-order valence-corrected chi connectivity index (χ1v) is 5.36. The number of hydrogen-bond acceptors (Lipinski definition) is 6. The number of ether oxygens (including phenoxy) is 1. The molecule has 2 rings (SSSR count). The summed E-state index contributed by atoms with van der Waals surface area (Å²) in [6.07, 6.45) is -3.22. The monoisotopic (exact) mass is 259 g/mol. The maximum Gasteiger partial charge on any atom is 0.351 e. The van der Waals surface area contributed by atoms with Crippen molar-refractivity contribution in [3.05, 3.63) is 22.7 Å². The lowest BCUT2D eigenvalue weighted by atomic mass is 10.1. The quantitative estimate of drug-likeness (QED) is 0.601. The Morgan fingerprint density at radius 3 is 2.89 bits per heavy atom. The molecule has 4 atom stereocenters. The van der Waals surface area contributed by atoms with Gasteiger partial charge in [0.1, 0.15) is 18.0 Å². The van der Waals surface area contributed by atoms with Crippen LogP contribution < -0.4 is 11.4 Å². The van der Waals surface area contributed by atoms with E-state index in [1.165, 1.54) is 19.2 Å². The second-order valence-electron chi connectivity index (χ2n) is 4.29. The Labute approximate surface area is 102 Å². The number of rotatable bonds is 2. The molecule has 0 aliphatic carbocycles. The van der Waals surface area contributed by atoms with E-state index in [9.17, 15) is 14.3 Å². The minimum Gasteiger partial charge on any atom is -0.394 e. The Morgan fingerprint density at radius 1 is 1.72 bits per heavy atom. The minimum absolute atomic E-state index is 0.00696. The van der Waals surface area contributed by atoms with Crippen LogP contribution in [0.5, 0.6) is 0 Å². The van der Waals surface area contributed by atoms with Crippen molar-refractivity contribution in [3.8, 4) is 0 Å². The molecule has 0 bridgehead atoms. The number of hydrogen-bond donors (Lipinski definition) is 3. The van der Waals surface area contributed by atoms with E-state index < -0.39 is 36.4 Å². The fourth-order valence-electron chi connectivity index (χ4n) is 2.04. The summed E-state index contributed by atoms with van der Waals surface area (Å²) in [5.41, 5.74) is 2.83. The predicted molar refractivity (Wildman–Crippen MR) is 59.4 cm³/mol. The van der Waals surface area contributed by atoms with Gasteiger partial charge in [-0.05, 0) is 13.0 Å². The van der Waals surface area contributed by atoms with Gasteiger partial charge < -0.3 is 20.7 Å². The standard InChI is InChI=1S/C10H14FN3O4/c1-10(8(11)7(16)5(4-15)18-10)14-3-2-6(12)13-9(14)17/h2-3,5,7-8,15-16H,4H2,1H3,(H2,12,13,17)/t5-,7?,8?,10-/m1/s1. The van der Waals surface area contributed by atoms with Gasteiger partial charge in [-0.2, -0.15) is 4.98 Å². The second kappa shape index (κ2) is 4.30. The van der Waals surface area contributed by atoms with E-state index >= 15 is 0 Å². The van der Waals surface area contributed by atoms with Crippen LogP contribution in [-0.4, -0.2) is 44.8 Å². The summed E-state index contributed by atoms with van der Waals surface area (Å²) in [6.45, 7) is 0.754. The first kappa shape index (κ1) is 12.9. The molecule has 2 unspecified atom stereocenters. The molecule has 1 aliphatic rings. The van der Waals surface area contributed by atoms with E-state index in [1.54, 1.807) is 0 Å². The third-order valence-electron chi connectivity index (χ3n) is 3.07. The number of nitrogen functional groups attached to an aromatic ring is 1. The topological polar surface area (TPSA) is 111 Å². The Hall–Kier alpha value is -1.51. The maximum atomic E-state index is 14.1. The highest BCUT2D eigenvalue weighted by Crippen LogP contribution is 2.36. The third kappa shape index (κ3) is 1.78. The zero-order valence-electron chi connectivity index (χ0n) is 9.65. The van der Waals surface area contributed by atoms with E-state index in [2.05, 4.69) is 4.98 Å². The van der Waals surface area contributed by atoms with E-state index in [1.807, 2.05) is 0 Å². The van der Waals surface area contributed by atoms with Gasteiger partial charge in [-0.1, -0.05) is 0 Å². The highest BCUT2D eigenvalue weighted by molar-refractivity contribution is 5.24. The molecule has 7 nitrogen and oxygen atoms in total. The van der Waals surface area contributed by atoms with Crippen LogP contribution in [0.25, 0.3) is 0 Å². The molecule has 1 aromatic heterocycles. The number of nitrogens with zero attached hydrogens (tertiary/aromatic N) is 2. The molecule has 8 heteroatoms. The van der Waals surface area contributed by atoms with Crippen LogP contribution in [0.4, 0.5) is 10.2 Å². The zero-order valence-corrected chi connectivity index (χ0v) is 9.65. The molecule has 1 aromatic rings. The first-order chi connectivity index (χ1) is 8.40. The smallest absolute Gasteiger partial charge is 0.351 e. The summed E-state index contributed by atoms with van der Waals surface area (Å²) in [5, 5.41) is 18.6. The number of halogens is 1. The van der Waals surface area contributed by atoms with Crippen LogP contribution >= 0.6 is 0 Å². The summed E-state index contributed by atoms with van der Waals surface area (Å²) >= 11 is 0. The summed E-state index contributed by atoms with van der Waals surface area (Å²) < 4.78 is 20.2. The van der Waals surface area contributed by atoms with Crippen molar-refractivity contribution in [3.63, 3.8) is 0 Å². The fourth-order valence-corrected chi connectivity index (χ4v) is 2.04. The van der Waals surface area contributed by atoms with Crippen molar-refractivity contribution in [2.45, 2.75) is 31.0 Å². The van der Waals surface area contributed by atoms with Crippen molar-refractivity contribution < 1.29 is 19.3 Å². The molecule has 2 heterocycles. The van der Waals surface area contributed by atoms with Crippen LogP contribution in [0.3, 0.4) is 0 Å². The van der Waals surface area contributed by atoms with Crippen LogP contribution in [-0.2, 0) is 10.5 Å². The summed E-state index contributed by atoms with van der Waals surface area (Å²) in [6, 6.07) is 1.32. The average molecular weight is 259 g/mol. The Balaban J connectivity index is 2.46. The number of aliphatic hydroxyl groups is 2. The van der Waals surface area contributed by atoms with Gasteiger partial charge in [0, 0.05) is 6.20 Å². The molecule has 0 radical (unpaired) electrons. The van der Waals surface area contributed by atoms with E-state index in [-0.39, 0.29) is 5.82 Å². The lowest BCUT2D eigenvalue weighted by Gasteiger charge is -2.28. The normalized spacial score (nSPS) is 35.9. The van der Waals surface area contributed by atoms with Crippen molar-refractivity contribution >= 4 is 5.82 Å². The predicted octanol–water partition coefficient (Wildman–Crippen LogP) is -1.41. The zero-order chi connectivity index (χ0) is 13.5. The largest absolute Gasteiger partial charge is 0.394 e. The second-order valence-corrected chi connectivity index (χ2v) is 4.29. The first-order valence-electron chi connectivity index (χ1n) is 5.36. The number of alkyl halides is 1. The van der Waals surface area contributed by atoms with Gasteiger partial charge in [0.2, 0.25) is 0 Å². The fraction of sp³-hybridized carbons (Fsp3) is 0.600. The third-order valence-corrected chi connectivity index (χ3v) is 3.07. The summed E-state index contributed by atoms with van der Waals surface area (Å²) in [5.74, 6) is 0.00696. The average Bonchev–Trinajstić information content (AvgIpc) is 2.54. The van der Waals surface area contributed by atoms with Crippen molar-refractivity contribution in [2.75, 3.05) is 12.3 Å². The summed E-state index contributed by atoms with van der Waals surface area (Å²) in [4.78, 5) is 15.1. The van der Waals surface area contributed by atoms with Crippen LogP contribution in [0.15, 0.2) is 17.1 Å². The Bertz CT molecular complexity index is 508. The van der Waals surface area contributed by atoms with E-state index in [0.29, 0.717) is 0 Å². The molecule has 4 N–H and O–H groups in total. The number of aliphatic hydroxyl groups excluding tert-OH is 2. The Kier molecular flexibility index (Phi) is 3.09. The lowest BCUT2D eigenvalue weighted by molar-refractivity contribution is -0.123. The van der Waals surface area contributed by atoms with Crippen LogP contribution in [0, 0.1) is 0 Å². The van der Waals surface area contributed by atoms with Gasteiger partial charge in [0.15, 0.2) is 11.9 Å². The maximum absolute atomic E-state index is 14.1. The van der Waals surface area contributed by atoms with Gasteiger partial charge in [-0.25, -0.2) is 9.18 Å². The van der Waals surface area contributed by atoms with Gasteiger partial charge in [-0.3, -0.25) is 4.57 Å². The van der Waals surface area contributed by atoms with Crippen LogP contribution in [0.1, 0.15) is 6.92 Å². The molecule has 0 saturated carbocycles. The molecule has 0 spiro atoms. The van der Waals surface area contributed by atoms with E-state index in [0.717, 1.165) is 4.57 Å².